The van der Waals surface area contributed by atoms with Crippen molar-refractivity contribution in [2.75, 3.05) is 0 Å². The van der Waals surface area contributed by atoms with Crippen molar-refractivity contribution in [2.24, 2.45) is 0 Å². The number of hydrogen-bond acceptors (Lipinski definition) is 4. The van der Waals surface area contributed by atoms with E-state index in [1.54, 1.807) is 0 Å². The van der Waals surface area contributed by atoms with Crippen LogP contribution in [-0.2, 0) is 0 Å². The molecule has 11 rings (SSSR count). The monoisotopic (exact) mass is 816 g/mol. The van der Waals surface area contributed by atoms with E-state index in [0.717, 1.165) is 43.1 Å². The number of benzene rings is 10. The molecule has 0 saturated carbocycles. The van der Waals surface area contributed by atoms with Gasteiger partial charge in [0, 0.05) is 44.5 Å². The third-order valence-corrected chi connectivity index (χ3v) is 11.8. The molecule has 0 aromatic heterocycles. The van der Waals surface area contributed by atoms with Gasteiger partial charge in [0.15, 0.2) is 0 Å². The fourth-order valence-electron chi connectivity index (χ4n) is 8.68. The quantitative estimate of drug-likeness (QED) is 0.115. The lowest BCUT2D eigenvalue weighted by atomic mass is 9.88. The number of aromatic hydroxyl groups is 4. The van der Waals surface area contributed by atoms with Crippen LogP contribution in [0.4, 0.5) is 0 Å². The summed E-state index contributed by atoms with van der Waals surface area (Å²) < 4.78 is 0. The van der Waals surface area contributed by atoms with E-state index in [2.05, 4.69) is 47.4 Å². The van der Waals surface area contributed by atoms with E-state index in [-0.39, 0.29) is 23.0 Å². The van der Waals surface area contributed by atoms with E-state index in [0.29, 0.717) is 66.8 Å². The molecule has 10 aromatic carbocycles. The molecule has 4 N–H and O–H groups in total. The molecule has 0 amide bonds. The molecule has 1 aliphatic carbocycles. The maximum absolute atomic E-state index is 12.3. The highest BCUT2D eigenvalue weighted by Gasteiger charge is 2.23. The number of phenols is 4. The summed E-state index contributed by atoms with van der Waals surface area (Å²) in [5.41, 5.74) is 5.65. The summed E-state index contributed by atoms with van der Waals surface area (Å²) in [4.78, 5) is 0. The molecule has 8 bridgehead atoms. The molecular formula is C60H32O4. The Kier molecular flexibility index (Phi) is 9.00. The summed E-state index contributed by atoms with van der Waals surface area (Å²) in [5.74, 6) is 25.7. The highest BCUT2D eigenvalue weighted by Crippen LogP contribution is 2.49. The van der Waals surface area contributed by atoms with Crippen molar-refractivity contribution in [1.82, 2.24) is 0 Å². The third-order valence-electron chi connectivity index (χ3n) is 11.8. The second-order valence-corrected chi connectivity index (χ2v) is 15.6. The molecular weight excluding hydrogens is 785 g/mol. The molecule has 296 valence electrons. The Labute approximate surface area is 369 Å². The van der Waals surface area contributed by atoms with Crippen molar-refractivity contribution in [3.8, 4) is 92.6 Å². The van der Waals surface area contributed by atoms with Gasteiger partial charge in [-0.3, -0.25) is 0 Å². The van der Waals surface area contributed by atoms with E-state index in [9.17, 15) is 20.4 Å². The van der Waals surface area contributed by atoms with Crippen LogP contribution in [0.25, 0.3) is 65.3 Å². The number of rotatable bonds is 0. The third kappa shape index (κ3) is 6.36. The summed E-state index contributed by atoms with van der Waals surface area (Å²) in [6.07, 6.45) is 0. The summed E-state index contributed by atoms with van der Waals surface area (Å²) in [7, 11) is 0. The van der Waals surface area contributed by atoms with Crippen LogP contribution in [0.15, 0.2) is 170 Å². The molecule has 0 radical (unpaired) electrons. The lowest BCUT2D eigenvalue weighted by Crippen LogP contribution is -1.93. The van der Waals surface area contributed by atoms with Gasteiger partial charge in [0.05, 0.1) is 22.3 Å². The van der Waals surface area contributed by atoms with Crippen molar-refractivity contribution in [3.05, 3.63) is 214 Å². The molecule has 1 aliphatic rings. The van der Waals surface area contributed by atoms with Crippen molar-refractivity contribution >= 4 is 43.1 Å². The van der Waals surface area contributed by atoms with E-state index in [1.165, 1.54) is 0 Å². The van der Waals surface area contributed by atoms with Crippen LogP contribution < -0.4 is 0 Å². The Morgan fingerprint density at radius 3 is 0.641 bits per heavy atom. The topological polar surface area (TPSA) is 80.9 Å². The van der Waals surface area contributed by atoms with Gasteiger partial charge in [-0.15, -0.1) is 0 Å². The largest absolute Gasteiger partial charge is 0.506 e. The average molecular weight is 817 g/mol. The molecule has 10 aromatic rings. The van der Waals surface area contributed by atoms with Crippen LogP contribution in [0.2, 0.25) is 0 Å². The van der Waals surface area contributed by atoms with Crippen molar-refractivity contribution < 1.29 is 20.4 Å². The molecule has 0 heterocycles. The predicted molar refractivity (Wildman–Crippen MR) is 257 cm³/mol. The maximum atomic E-state index is 12.3. The van der Waals surface area contributed by atoms with Gasteiger partial charge in [0.2, 0.25) is 0 Å². The fourth-order valence-corrected chi connectivity index (χ4v) is 8.68. The van der Waals surface area contributed by atoms with Gasteiger partial charge in [-0.1, -0.05) is 169 Å². The van der Waals surface area contributed by atoms with Gasteiger partial charge < -0.3 is 20.4 Å². The average Bonchev–Trinajstić information content (AvgIpc) is 3.32. The minimum atomic E-state index is -0.0806. The molecule has 0 fully saturated rings. The highest BCUT2D eigenvalue weighted by molar-refractivity contribution is 6.13. The van der Waals surface area contributed by atoms with E-state index < -0.39 is 0 Å². The number of hydrogen-bond donors (Lipinski definition) is 4. The Balaban J connectivity index is 1.24. The second-order valence-electron chi connectivity index (χ2n) is 15.6. The smallest absolute Gasteiger partial charge is 0.139 e. The predicted octanol–water partition coefficient (Wildman–Crippen LogP) is 12.4. The van der Waals surface area contributed by atoms with Crippen LogP contribution in [0.3, 0.4) is 0 Å². The van der Waals surface area contributed by atoms with Gasteiger partial charge in [0.1, 0.15) is 23.0 Å². The van der Waals surface area contributed by atoms with Crippen molar-refractivity contribution in [3.63, 3.8) is 0 Å². The molecule has 0 aliphatic heterocycles. The van der Waals surface area contributed by atoms with Crippen LogP contribution in [0.1, 0.15) is 44.5 Å². The molecule has 4 nitrogen and oxygen atoms in total. The van der Waals surface area contributed by atoms with Crippen LogP contribution in [-0.4, -0.2) is 20.4 Å². The first-order valence-corrected chi connectivity index (χ1v) is 20.7. The summed E-state index contributed by atoms with van der Waals surface area (Å²) in [6, 6.07) is 53.2. The SMILES string of the molecule is Oc1c2cc3ccccc3c1-c1c(O)c(cc3ccccc13)C#Cc1ccccc1C#Cc1cc3ccccc3c(c1O)-c1c(O)c(cc3ccccc13)C#Cc1ccccc1C#C2. The summed E-state index contributed by atoms with van der Waals surface area (Å²) >= 11 is 0. The molecule has 0 atom stereocenters. The first-order chi connectivity index (χ1) is 31.4. The zero-order chi connectivity index (χ0) is 43.3. The normalized spacial score (nSPS) is 11.4. The lowest BCUT2D eigenvalue weighted by Gasteiger charge is -2.17. The van der Waals surface area contributed by atoms with Gasteiger partial charge >= 0.3 is 0 Å². The Morgan fingerprint density at radius 1 is 0.219 bits per heavy atom. The zero-order valence-corrected chi connectivity index (χ0v) is 34.0. The first kappa shape index (κ1) is 37.7. The Morgan fingerprint density at radius 2 is 0.406 bits per heavy atom. The van der Waals surface area contributed by atoms with Gasteiger partial charge in [-0.05, 0) is 91.6 Å². The standard InChI is InChI=1S/C60H32O4/c61-57-45-29-25-37-13-1-2-14-38(37)26-30-46-34-42-18-6-10-22-50(42)55(58(46)62)56-52-24-12-8-20-44(52)36-48(60(56)64)32-28-40-16-4-3-15-39(40)27-31-47-35-43-19-7-11-23-51(43)54(59(47)63)53(57)49-21-9-5-17-41(49)33-45/h1-24,33-36,61-64H. The van der Waals surface area contributed by atoms with Crippen LogP contribution >= 0.6 is 0 Å². The Hall–Kier alpha value is -9.32. The van der Waals surface area contributed by atoms with Gasteiger partial charge in [-0.25, -0.2) is 0 Å². The number of fused-ring (bicyclic) bond motifs is 20. The van der Waals surface area contributed by atoms with Crippen molar-refractivity contribution in [1.29, 1.82) is 0 Å². The molecule has 64 heavy (non-hydrogen) atoms. The van der Waals surface area contributed by atoms with Crippen LogP contribution in [0.5, 0.6) is 23.0 Å². The zero-order valence-electron chi connectivity index (χ0n) is 34.0. The Bertz CT molecular complexity index is 3410. The fraction of sp³-hybridized carbons (Fsp3) is 0. The summed E-state index contributed by atoms with van der Waals surface area (Å²) in [5, 5.41) is 55.4. The summed E-state index contributed by atoms with van der Waals surface area (Å²) in [6.45, 7) is 0. The van der Waals surface area contributed by atoms with E-state index >= 15 is 0 Å². The van der Waals surface area contributed by atoms with Crippen LogP contribution in [0, 0.1) is 47.4 Å². The lowest BCUT2D eigenvalue weighted by molar-refractivity contribution is 0.468. The minimum Gasteiger partial charge on any atom is -0.506 e. The maximum Gasteiger partial charge on any atom is 0.139 e. The molecule has 4 heteroatoms. The van der Waals surface area contributed by atoms with E-state index in [1.807, 2.05) is 170 Å². The molecule has 0 unspecified atom stereocenters. The first-order valence-electron chi connectivity index (χ1n) is 20.7. The van der Waals surface area contributed by atoms with Gasteiger partial charge in [-0.2, -0.15) is 0 Å². The second kappa shape index (κ2) is 15.3. The highest BCUT2D eigenvalue weighted by atomic mass is 16.3. The molecule has 0 spiro atoms. The number of phenolic OH excluding ortho intramolecular Hbond substituents is 4. The minimum absolute atomic E-state index is 0.0806. The van der Waals surface area contributed by atoms with E-state index in [4.69, 9.17) is 0 Å². The van der Waals surface area contributed by atoms with Gasteiger partial charge in [0.25, 0.3) is 0 Å². The molecule has 0 saturated heterocycles. The van der Waals surface area contributed by atoms with Crippen molar-refractivity contribution in [2.45, 2.75) is 0 Å².